The van der Waals surface area contributed by atoms with Crippen molar-refractivity contribution < 1.29 is 13.6 Å². The highest BCUT2D eigenvalue weighted by Crippen LogP contribution is 2.26. The average molecular weight is 453 g/mol. The highest BCUT2D eigenvalue weighted by Gasteiger charge is 2.32. The number of benzene rings is 1. The van der Waals surface area contributed by atoms with Gasteiger partial charge in [-0.25, -0.2) is 18.4 Å². The van der Waals surface area contributed by atoms with Crippen molar-refractivity contribution in [1.29, 1.82) is 0 Å². The van der Waals surface area contributed by atoms with Crippen LogP contribution in [0.3, 0.4) is 0 Å². The van der Waals surface area contributed by atoms with Crippen LogP contribution < -0.4 is 11.3 Å². The van der Waals surface area contributed by atoms with Gasteiger partial charge in [-0.15, -0.1) is 5.10 Å². The van der Waals surface area contributed by atoms with Crippen LogP contribution in [0, 0.1) is 11.6 Å². The highest BCUT2D eigenvalue weighted by atomic mass is 19.1. The van der Waals surface area contributed by atoms with Crippen LogP contribution in [0.25, 0.3) is 5.69 Å². The number of nitrogens with one attached hydrogen (secondary N) is 1. The molecular weight excluding hydrogens is 432 g/mol. The van der Waals surface area contributed by atoms with Crippen LogP contribution in [-0.2, 0) is 0 Å². The molecule has 4 rings (SSSR count). The molecule has 33 heavy (non-hydrogen) atoms. The summed E-state index contributed by atoms with van der Waals surface area (Å²) in [6.45, 7) is 2.01. The Morgan fingerprint density at radius 1 is 1.27 bits per heavy atom. The minimum absolute atomic E-state index is 0.0852. The van der Waals surface area contributed by atoms with Crippen molar-refractivity contribution >= 4 is 11.6 Å². The molecule has 3 heterocycles. The molecule has 1 aliphatic heterocycles. The molecule has 0 saturated carbocycles. The molecule has 1 aromatic carbocycles. The number of carbonyl (C=O) groups excluding carboxylic acids is 1. The third-order valence-electron chi connectivity index (χ3n) is 5.50. The lowest BCUT2D eigenvalue weighted by Crippen LogP contribution is -2.47. The molecule has 2 aromatic heterocycles. The van der Waals surface area contributed by atoms with E-state index in [1.807, 2.05) is 0 Å². The summed E-state index contributed by atoms with van der Waals surface area (Å²) in [7, 11) is 1.52. The molecule has 0 fully saturated rings. The van der Waals surface area contributed by atoms with Crippen molar-refractivity contribution in [1.82, 2.24) is 24.6 Å². The van der Waals surface area contributed by atoms with Gasteiger partial charge < -0.3 is 15.6 Å². The molecular formula is C22H21F2N7O2. The number of aromatic nitrogens is 4. The average Bonchev–Trinajstić information content (AvgIpc) is 3.26. The van der Waals surface area contributed by atoms with Crippen LogP contribution in [0.15, 0.2) is 63.9 Å². The zero-order valence-corrected chi connectivity index (χ0v) is 17.9. The smallest absolute Gasteiger partial charge is 0.294 e. The van der Waals surface area contributed by atoms with E-state index in [9.17, 15) is 18.4 Å². The quantitative estimate of drug-likeness (QED) is 0.584. The number of aliphatic imine (C=N–C) groups is 1. The SMILES string of the molecule is CN=C(C1=C(N)[C@H](C)N(C(=O)c2ncn(-c3ccc[nH]c3=O)n2)CC1)c1cc(F)cc(F)c1. The zero-order valence-electron chi connectivity index (χ0n) is 17.9. The van der Waals surface area contributed by atoms with E-state index in [1.54, 1.807) is 19.1 Å². The Morgan fingerprint density at radius 2 is 2.00 bits per heavy atom. The Balaban J connectivity index is 1.61. The number of H-pyrrole nitrogens is 1. The normalized spacial score (nSPS) is 16.9. The number of nitrogens with zero attached hydrogens (tertiary/aromatic N) is 5. The zero-order chi connectivity index (χ0) is 23.7. The predicted octanol–water partition coefficient (Wildman–Crippen LogP) is 1.80. The van der Waals surface area contributed by atoms with Gasteiger partial charge in [0.25, 0.3) is 11.5 Å². The fourth-order valence-electron chi connectivity index (χ4n) is 3.85. The molecule has 1 aliphatic rings. The number of halogens is 2. The molecule has 1 atom stereocenters. The lowest BCUT2D eigenvalue weighted by atomic mass is 9.91. The standard InChI is InChI=1S/C22H21F2N7O2/c1-12-18(25)16(19(26-2)13-8-14(23)10-15(24)9-13)5-7-30(12)22(33)20-28-11-31(29-20)17-4-3-6-27-21(17)32/h3-4,6,8-12H,5,7,25H2,1-2H3,(H,27,32)/t12-/m0/s1. The summed E-state index contributed by atoms with van der Waals surface area (Å²) in [4.78, 5) is 37.3. The van der Waals surface area contributed by atoms with Gasteiger partial charge in [0.15, 0.2) is 0 Å². The Morgan fingerprint density at radius 3 is 2.67 bits per heavy atom. The number of hydrogen-bond donors (Lipinski definition) is 2. The van der Waals surface area contributed by atoms with Gasteiger partial charge in [0.05, 0.1) is 11.8 Å². The summed E-state index contributed by atoms with van der Waals surface area (Å²) in [5, 5.41) is 4.14. The van der Waals surface area contributed by atoms with Gasteiger partial charge in [-0.1, -0.05) is 0 Å². The summed E-state index contributed by atoms with van der Waals surface area (Å²) < 4.78 is 28.7. The number of pyridine rings is 1. The van der Waals surface area contributed by atoms with Gasteiger partial charge in [-0.3, -0.25) is 14.6 Å². The molecule has 0 aliphatic carbocycles. The van der Waals surface area contributed by atoms with E-state index < -0.39 is 23.6 Å². The van der Waals surface area contributed by atoms with E-state index in [-0.39, 0.29) is 29.2 Å². The van der Waals surface area contributed by atoms with Gasteiger partial charge in [-0.05, 0) is 37.6 Å². The van der Waals surface area contributed by atoms with Crippen molar-refractivity contribution in [2.75, 3.05) is 13.6 Å². The van der Waals surface area contributed by atoms with Crippen molar-refractivity contribution in [2.45, 2.75) is 19.4 Å². The van der Waals surface area contributed by atoms with E-state index in [2.05, 4.69) is 20.1 Å². The molecule has 1 amide bonds. The minimum Gasteiger partial charge on any atom is -0.400 e. The molecule has 0 radical (unpaired) electrons. The van der Waals surface area contributed by atoms with E-state index in [0.29, 0.717) is 23.4 Å². The Bertz CT molecular complexity index is 1320. The van der Waals surface area contributed by atoms with Gasteiger partial charge in [-0.2, -0.15) is 0 Å². The van der Waals surface area contributed by atoms with Crippen LogP contribution >= 0.6 is 0 Å². The van der Waals surface area contributed by atoms with Crippen LogP contribution in [0.4, 0.5) is 8.78 Å². The fourth-order valence-corrected chi connectivity index (χ4v) is 3.85. The summed E-state index contributed by atoms with van der Waals surface area (Å²) in [6, 6.07) is 5.82. The third kappa shape index (κ3) is 4.16. The van der Waals surface area contributed by atoms with Gasteiger partial charge >= 0.3 is 0 Å². The van der Waals surface area contributed by atoms with Crippen LogP contribution in [0.5, 0.6) is 0 Å². The maximum Gasteiger partial charge on any atom is 0.294 e. The molecule has 3 N–H and O–H groups in total. The van der Waals surface area contributed by atoms with Crippen LogP contribution in [0.2, 0.25) is 0 Å². The molecule has 0 spiro atoms. The first-order valence-electron chi connectivity index (χ1n) is 10.1. The summed E-state index contributed by atoms with van der Waals surface area (Å²) in [5.41, 5.74) is 7.84. The van der Waals surface area contributed by atoms with Gasteiger partial charge in [0.2, 0.25) is 5.82 Å². The van der Waals surface area contributed by atoms with Gasteiger partial charge in [0.1, 0.15) is 23.6 Å². The lowest BCUT2D eigenvalue weighted by Gasteiger charge is -2.35. The molecule has 0 bridgehead atoms. The van der Waals surface area contributed by atoms with E-state index in [0.717, 1.165) is 6.07 Å². The Hall–Kier alpha value is -4.15. The fraction of sp³-hybridized carbons (Fsp3) is 0.227. The number of aromatic amines is 1. The van der Waals surface area contributed by atoms with E-state index in [1.165, 1.54) is 41.3 Å². The predicted molar refractivity (Wildman–Crippen MR) is 117 cm³/mol. The maximum atomic E-state index is 13.7. The molecule has 9 nitrogen and oxygen atoms in total. The molecule has 0 unspecified atom stereocenters. The monoisotopic (exact) mass is 453 g/mol. The molecule has 11 heteroatoms. The van der Waals surface area contributed by atoms with Crippen molar-refractivity contribution in [3.8, 4) is 5.69 Å². The second-order valence-electron chi connectivity index (χ2n) is 7.49. The molecule has 170 valence electrons. The number of rotatable bonds is 4. The minimum atomic E-state index is -0.718. The lowest BCUT2D eigenvalue weighted by molar-refractivity contribution is 0.0694. The van der Waals surface area contributed by atoms with E-state index in [4.69, 9.17) is 5.73 Å². The van der Waals surface area contributed by atoms with Crippen molar-refractivity contribution in [3.63, 3.8) is 0 Å². The van der Waals surface area contributed by atoms with Crippen molar-refractivity contribution in [3.05, 3.63) is 87.5 Å². The highest BCUT2D eigenvalue weighted by molar-refractivity contribution is 6.13. The second-order valence-corrected chi connectivity index (χ2v) is 7.49. The Labute approximate surface area is 187 Å². The van der Waals surface area contributed by atoms with Crippen LogP contribution in [-0.4, -0.2) is 55.9 Å². The first-order chi connectivity index (χ1) is 15.8. The molecule has 3 aromatic rings. The number of hydrogen-bond acceptors (Lipinski definition) is 6. The van der Waals surface area contributed by atoms with Crippen LogP contribution in [0.1, 0.15) is 29.5 Å². The third-order valence-corrected chi connectivity index (χ3v) is 5.50. The number of nitrogens with two attached hydrogens (primary N) is 1. The van der Waals surface area contributed by atoms with Gasteiger partial charge in [0, 0.05) is 42.7 Å². The van der Waals surface area contributed by atoms with E-state index >= 15 is 0 Å². The summed E-state index contributed by atoms with van der Waals surface area (Å²) in [5.74, 6) is -1.98. The maximum absolute atomic E-state index is 13.7. The first kappa shape index (κ1) is 22.1. The number of amides is 1. The number of carbonyl (C=O) groups is 1. The Kier molecular flexibility index (Phi) is 5.86. The summed E-state index contributed by atoms with van der Waals surface area (Å²) in [6.07, 6.45) is 3.10. The van der Waals surface area contributed by atoms with Crippen molar-refractivity contribution in [2.24, 2.45) is 10.7 Å². The largest absolute Gasteiger partial charge is 0.400 e. The summed E-state index contributed by atoms with van der Waals surface area (Å²) >= 11 is 0. The molecule has 0 saturated heterocycles. The first-order valence-corrected chi connectivity index (χ1v) is 10.1. The topological polar surface area (TPSA) is 122 Å². The second kappa shape index (κ2) is 8.77.